The molecule has 0 heterocycles. The van der Waals surface area contributed by atoms with Crippen LogP contribution in [0.3, 0.4) is 0 Å². The summed E-state index contributed by atoms with van der Waals surface area (Å²) in [4.78, 5) is 25.7. The fraction of sp³-hybridized carbons (Fsp3) is 0.300. The molecular formula is C20H23ClN2O3. The summed E-state index contributed by atoms with van der Waals surface area (Å²) in [6.45, 7) is 3.70. The predicted octanol–water partition coefficient (Wildman–Crippen LogP) is 3.69. The molecule has 0 atom stereocenters. The number of carbonyl (C=O) groups is 2. The largest absolute Gasteiger partial charge is 0.482 e. The topological polar surface area (TPSA) is 58.6 Å². The zero-order valence-corrected chi connectivity index (χ0v) is 16.0. The van der Waals surface area contributed by atoms with Crippen molar-refractivity contribution in [1.82, 2.24) is 4.90 Å². The Morgan fingerprint density at radius 1 is 1.19 bits per heavy atom. The van der Waals surface area contributed by atoms with Crippen molar-refractivity contribution in [3.05, 3.63) is 58.6 Å². The van der Waals surface area contributed by atoms with E-state index in [0.717, 1.165) is 23.2 Å². The molecule has 138 valence electrons. The van der Waals surface area contributed by atoms with Gasteiger partial charge in [-0.3, -0.25) is 9.59 Å². The van der Waals surface area contributed by atoms with Crippen LogP contribution in [-0.2, 0) is 16.0 Å². The number of anilines is 1. The molecular weight excluding hydrogens is 352 g/mol. The second kappa shape index (κ2) is 9.25. The quantitative estimate of drug-likeness (QED) is 0.804. The second-order valence-electron chi connectivity index (χ2n) is 6.03. The van der Waals surface area contributed by atoms with E-state index in [-0.39, 0.29) is 25.0 Å². The van der Waals surface area contributed by atoms with Crippen molar-refractivity contribution in [2.75, 3.05) is 25.5 Å². The van der Waals surface area contributed by atoms with E-state index in [1.807, 2.05) is 44.2 Å². The molecule has 1 N–H and O–H groups in total. The first-order valence-corrected chi connectivity index (χ1v) is 8.79. The number of carbonyl (C=O) groups excluding carboxylic acids is 2. The first-order chi connectivity index (χ1) is 12.4. The molecule has 5 nitrogen and oxygen atoms in total. The molecule has 2 aromatic rings. The normalized spacial score (nSPS) is 10.3. The van der Waals surface area contributed by atoms with Gasteiger partial charge in [-0.25, -0.2) is 0 Å². The molecule has 0 aliphatic heterocycles. The van der Waals surface area contributed by atoms with Crippen molar-refractivity contribution in [2.24, 2.45) is 0 Å². The molecule has 0 aromatic heterocycles. The summed E-state index contributed by atoms with van der Waals surface area (Å²) in [6.07, 6.45) is 0.816. The van der Waals surface area contributed by atoms with E-state index >= 15 is 0 Å². The molecule has 0 saturated carbocycles. The maximum atomic E-state index is 12.2. The summed E-state index contributed by atoms with van der Waals surface area (Å²) in [7, 11) is 1.56. The Balaban J connectivity index is 1.88. The number of likely N-dealkylation sites (N-methyl/N-ethyl adjacent to an activating group) is 1. The summed E-state index contributed by atoms with van der Waals surface area (Å²) in [5.74, 6) is -0.105. The third-order valence-electron chi connectivity index (χ3n) is 3.92. The zero-order valence-electron chi connectivity index (χ0n) is 15.2. The van der Waals surface area contributed by atoms with Crippen LogP contribution in [0.2, 0.25) is 5.02 Å². The van der Waals surface area contributed by atoms with Gasteiger partial charge in [0.15, 0.2) is 6.61 Å². The molecule has 0 radical (unpaired) electrons. The Morgan fingerprint density at radius 3 is 2.65 bits per heavy atom. The number of benzene rings is 2. The molecule has 0 aliphatic carbocycles. The molecule has 26 heavy (non-hydrogen) atoms. The van der Waals surface area contributed by atoms with Crippen LogP contribution in [0.25, 0.3) is 0 Å². The third kappa shape index (κ3) is 5.49. The minimum Gasteiger partial charge on any atom is -0.482 e. The van der Waals surface area contributed by atoms with E-state index in [1.54, 1.807) is 19.2 Å². The fourth-order valence-corrected chi connectivity index (χ4v) is 2.59. The van der Waals surface area contributed by atoms with Crippen LogP contribution in [0.15, 0.2) is 42.5 Å². The number of amides is 2. The number of nitrogens with zero attached hydrogens (tertiary/aromatic N) is 1. The van der Waals surface area contributed by atoms with Crippen LogP contribution in [0.4, 0.5) is 5.69 Å². The third-order valence-corrected chi connectivity index (χ3v) is 4.23. The lowest BCUT2D eigenvalue weighted by Gasteiger charge is -2.18. The molecule has 0 bridgehead atoms. The number of halogens is 1. The maximum Gasteiger partial charge on any atom is 0.260 e. The number of para-hydroxylation sites is 1. The molecule has 2 amide bonds. The average molecular weight is 375 g/mol. The van der Waals surface area contributed by atoms with E-state index in [4.69, 9.17) is 16.3 Å². The van der Waals surface area contributed by atoms with Gasteiger partial charge in [-0.2, -0.15) is 0 Å². The number of hydrogen-bond acceptors (Lipinski definition) is 3. The minimum absolute atomic E-state index is 0.0538. The minimum atomic E-state index is -0.304. The van der Waals surface area contributed by atoms with Crippen LogP contribution in [0.1, 0.15) is 18.1 Å². The molecule has 6 heteroatoms. The highest BCUT2D eigenvalue weighted by molar-refractivity contribution is 6.32. The highest BCUT2D eigenvalue weighted by Gasteiger charge is 2.15. The van der Waals surface area contributed by atoms with E-state index in [2.05, 4.69) is 5.32 Å². The van der Waals surface area contributed by atoms with Crippen molar-refractivity contribution in [2.45, 2.75) is 20.3 Å². The van der Waals surface area contributed by atoms with Gasteiger partial charge in [0, 0.05) is 12.7 Å². The van der Waals surface area contributed by atoms with Gasteiger partial charge >= 0.3 is 0 Å². The predicted molar refractivity (Wildman–Crippen MR) is 104 cm³/mol. The summed E-state index contributed by atoms with van der Waals surface area (Å²) in [5.41, 5.74) is 2.80. The molecule has 0 aliphatic rings. The van der Waals surface area contributed by atoms with Crippen molar-refractivity contribution in [3.8, 4) is 5.75 Å². The van der Waals surface area contributed by atoms with E-state index in [0.29, 0.717) is 10.8 Å². The Morgan fingerprint density at radius 2 is 1.92 bits per heavy atom. The fourth-order valence-electron chi connectivity index (χ4n) is 2.41. The molecule has 0 fully saturated rings. The van der Waals surface area contributed by atoms with Crippen molar-refractivity contribution in [3.63, 3.8) is 0 Å². The maximum absolute atomic E-state index is 12.2. The lowest BCUT2D eigenvalue weighted by Crippen LogP contribution is -2.37. The summed E-state index contributed by atoms with van der Waals surface area (Å²) < 4.78 is 5.48. The molecule has 0 spiro atoms. The van der Waals surface area contributed by atoms with Crippen LogP contribution in [0.5, 0.6) is 5.75 Å². The Bertz CT molecular complexity index is 792. The summed E-state index contributed by atoms with van der Waals surface area (Å²) in [6, 6.07) is 13.0. The van der Waals surface area contributed by atoms with Gasteiger partial charge in [0.1, 0.15) is 5.75 Å². The van der Waals surface area contributed by atoms with Crippen LogP contribution >= 0.6 is 11.6 Å². The first kappa shape index (κ1) is 19.8. The van der Waals surface area contributed by atoms with E-state index < -0.39 is 0 Å². The summed E-state index contributed by atoms with van der Waals surface area (Å²) in [5, 5.41) is 3.29. The number of ether oxygens (including phenoxy) is 1. The SMILES string of the molecule is CCc1ccccc1NC(=O)CN(C)C(=O)COc1cc(C)ccc1Cl. The Labute approximate surface area is 158 Å². The smallest absolute Gasteiger partial charge is 0.260 e. The zero-order chi connectivity index (χ0) is 19.1. The number of hydrogen-bond donors (Lipinski definition) is 1. The lowest BCUT2D eigenvalue weighted by molar-refractivity contribution is -0.135. The van der Waals surface area contributed by atoms with E-state index in [9.17, 15) is 9.59 Å². The van der Waals surface area contributed by atoms with Gasteiger partial charge in [-0.1, -0.05) is 42.8 Å². The molecule has 0 unspecified atom stereocenters. The van der Waals surface area contributed by atoms with Gasteiger partial charge in [0.05, 0.1) is 11.6 Å². The second-order valence-corrected chi connectivity index (χ2v) is 6.44. The molecule has 0 saturated heterocycles. The van der Waals surface area contributed by atoms with Gasteiger partial charge in [0.25, 0.3) is 5.91 Å². The number of rotatable bonds is 7. The highest BCUT2D eigenvalue weighted by atomic mass is 35.5. The van der Waals surface area contributed by atoms with E-state index in [1.165, 1.54) is 4.90 Å². The number of nitrogens with one attached hydrogen (secondary N) is 1. The van der Waals surface area contributed by atoms with Gasteiger partial charge < -0.3 is 15.0 Å². The Kier molecular flexibility index (Phi) is 7.04. The monoisotopic (exact) mass is 374 g/mol. The Hall–Kier alpha value is -2.53. The van der Waals surface area contributed by atoms with Gasteiger partial charge in [0.2, 0.25) is 5.91 Å². The van der Waals surface area contributed by atoms with Crippen molar-refractivity contribution < 1.29 is 14.3 Å². The standard InChI is InChI=1S/C20H23ClN2O3/c1-4-15-7-5-6-8-17(15)22-19(24)12-23(3)20(25)13-26-18-11-14(2)9-10-16(18)21/h5-11H,4,12-13H2,1-3H3,(H,22,24). The number of aryl methyl sites for hydroxylation is 2. The van der Waals surface area contributed by atoms with Crippen LogP contribution < -0.4 is 10.1 Å². The van der Waals surface area contributed by atoms with Crippen molar-refractivity contribution >= 4 is 29.1 Å². The summed E-state index contributed by atoms with van der Waals surface area (Å²) >= 11 is 6.05. The molecule has 2 aromatic carbocycles. The lowest BCUT2D eigenvalue weighted by atomic mass is 10.1. The van der Waals surface area contributed by atoms with Crippen molar-refractivity contribution in [1.29, 1.82) is 0 Å². The highest BCUT2D eigenvalue weighted by Crippen LogP contribution is 2.25. The van der Waals surface area contributed by atoms with Gasteiger partial charge in [-0.05, 0) is 42.7 Å². The van der Waals surface area contributed by atoms with Crippen LogP contribution in [-0.4, -0.2) is 36.9 Å². The average Bonchev–Trinajstić information content (AvgIpc) is 2.62. The molecule has 2 rings (SSSR count). The first-order valence-electron chi connectivity index (χ1n) is 8.41. The van der Waals surface area contributed by atoms with Gasteiger partial charge in [-0.15, -0.1) is 0 Å². The van der Waals surface area contributed by atoms with Crippen LogP contribution in [0, 0.1) is 6.92 Å².